The van der Waals surface area contributed by atoms with Crippen LogP contribution in [0.5, 0.6) is 5.75 Å². The minimum Gasteiger partial charge on any atom is -0.493 e. The molecule has 1 rings (SSSR count). The fourth-order valence-electron chi connectivity index (χ4n) is 1.98. The number of benzene rings is 1. The Bertz CT molecular complexity index is 368. The third-order valence-corrected chi connectivity index (χ3v) is 3.61. The predicted octanol–water partition coefficient (Wildman–Crippen LogP) is 3.08. The zero-order valence-electron chi connectivity index (χ0n) is 10.9. The molecule has 0 saturated heterocycles. The molecule has 2 unspecified atom stereocenters. The number of ether oxygens (including phenoxy) is 1. The Labute approximate surface area is 117 Å². The highest BCUT2D eigenvalue weighted by atomic mass is 79.9. The molecule has 0 amide bonds. The van der Waals surface area contributed by atoms with Gasteiger partial charge in [0.2, 0.25) is 0 Å². The van der Waals surface area contributed by atoms with E-state index < -0.39 is 6.10 Å². The Morgan fingerprint density at radius 2 is 2.06 bits per heavy atom. The maximum Gasteiger partial charge on any atom is 0.133 e. The fourth-order valence-corrected chi connectivity index (χ4v) is 2.50. The molecule has 0 aliphatic heterocycles. The fraction of sp³-hybridized carbons (Fsp3) is 0.571. The van der Waals surface area contributed by atoms with Crippen LogP contribution in [-0.2, 0) is 0 Å². The van der Waals surface area contributed by atoms with Crippen molar-refractivity contribution in [1.82, 2.24) is 0 Å². The molecule has 0 radical (unpaired) electrons. The second-order valence-electron chi connectivity index (χ2n) is 4.30. The minimum atomic E-state index is -0.653. The molecule has 0 heterocycles. The lowest BCUT2D eigenvalue weighted by atomic mass is 9.91. The number of halogens is 1. The van der Waals surface area contributed by atoms with Gasteiger partial charge in [-0.15, -0.1) is 0 Å². The van der Waals surface area contributed by atoms with Crippen LogP contribution in [-0.4, -0.2) is 29.5 Å². The highest BCUT2D eigenvalue weighted by molar-refractivity contribution is 9.10. The first-order valence-electron chi connectivity index (χ1n) is 6.33. The summed E-state index contributed by atoms with van der Waals surface area (Å²) in [6.45, 7) is 4.49. The molecule has 1 aromatic carbocycles. The zero-order chi connectivity index (χ0) is 13.5. The molecule has 2 N–H and O–H groups in total. The van der Waals surface area contributed by atoms with Crippen molar-refractivity contribution in [1.29, 1.82) is 0 Å². The monoisotopic (exact) mass is 316 g/mol. The van der Waals surface area contributed by atoms with Gasteiger partial charge < -0.3 is 14.9 Å². The molecule has 0 fully saturated rings. The number of hydrogen-bond donors (Lipinski definition) is 2. The molecule has 3 nitrogen and oxygen atoms in total. The molecule has 0 aliphatic rings. The molecule has 0 saturated carbocycles. The topological polar surface area (TPSA) is 49.7 Å². The smallest absolute Gasteiger partial charge is 0.133 e. The van der Waals surface area contributed by atoms with Crippen molar-refractivity contribution >= 4 is 15.9 Å². The first-order chi connectivity index (χ1) is 8.62. The van der Waals surface area contributed by atoms with Crippen LogP contribution < -0.4 is 4.74 Å². The minimum absolute atomic E-state index is 0.186. The van der Waals surface area contributed by atoms with Gasteiger partial charge in [-0.05, 0) is 59.3 Å². The summed E-state index contributed by atoms with van der Waals surface area (Å²) >= 11 is 3.49. The van der Waals surface area contributed by atoms with E-state index >= 15 is 0 Å². The van der Waals surface area contributed by atoms with E-state index in [4.69, 9.17) is 9.84 Å². The van der Waals surface area contributed by atoms with Gasteiger partial charge in [-0.25, -0.2) is 0 Å². The van der Waals surface area contributed by atoms with Gasteiger partial charge in [0, 0.05) is 0 Å². The van der Waals surface area contributed by atoms with Crippen LogP contribution in [0.4, 0.5) is 0 Å². The number of aliphatic hydroxyl groups excluding tert-OH is 2. The second kappa shape index (κ2) is 7.77. The van der Waals surface area contributed by atoms with Crippen molar-refractivity contribution in [2.24, 2.45) is 0 Å². The molecule has 0 bridgehead atoms. The van der Waals surface area contributed by atoms with Crippen LogP contribution in [0.3, 0.4) is 0 Å². The quantitative estimate of drug-likeness (QED) is 0.812. The number of hydrogen-bond acceptors (Lipinski definition) is 3. The predicted molar refractivity (Wildman–Crippen MR) is 76.1 cm³/mol. The Kier molecular flexibility index (Phi) is 6.68. The van der Waals surface area contributed by atoms with E-state index in [1.165, 1.54) is 0 Å². The SMILES string of the molecule is CCOc1ccc(C(CC)CC(O)CO)cc1Br. The molecule has 2 atom stereocenters. The molecular weight excluding hydrogens is 296 g/mol. The number of rotatable bonds is 7. The Morgan fingerprint density at radius 3 is 2.56 bits per heavy atom. The van der Waals surface area contributed by atoms with Gasteiger partial charge in [0.25, 0.3) is 0 Å². The summed E-state index contributed by atoms with van der Waals surface area (Å²) in [4.78, 5) is 0. The zero-order valence-corrected chi connectivity index (χ0v) is 12.5. The van der Waals surface area contributed by atoms with Crippen molar-refractivity contribution in [3.63, 3.8) is 0 Å². The van der Waals surface area contributed by atoms with Crippen molar-refractivity contribution in [2.45, 2.75) is 38.7 Å². The van der Waals surface area contributed by atoms with Crippen LogP contribution in [0.25, 0.3) is 0 Å². The van der Waals surface area contributed by atoms with E-state index in [0.29, 0.717) is 13.0 Å². The molecular formula is C14H21BrO3. The van der Waals surface area contributed by atoms with Gasteiger partial charge >= 0.3 is 0 Å². The maximum atomic E-state index is 9.54. The molecule has 0 spiro atoms. The molecule has 4 heteroatoms. The third-order valence-electron chi connectivity index (χ3n) is 2.99. The maximum absolute atomic E-state index is 9.54. The van der Waals surface area contributed by atoms with E-state index in [-0.39, 0.29) is 12.5 Å². The van der Waals surface area contributed by atoms with Gasteiger partial charge in [0.1, 0.15) is 5.75 Å². The average Bonchev–Trinajstić information content (AvgIpc) is 2.38. The van der Waals surface area contributed by atoms with Crippen molar-refractivity contribution in [2.75, 3.05) is 13.2 Å². The van der Waals surface area contributed by atoms with Gasteiger partial charge in [-0.1, -0.05) is 13.0 Å². The molecule has 102 valence electrons. The summed E-state index contributed by atoms with van der Waals surface area (Å²) in [5.41, 5.74) is 1.15. The van der Waals surface area contributed by atoms with Gasteiger partial charge in [0.05, 0.1) is 23.8 Å². The Hall–Kier alpha value is -0.580. The van der Waals surface area contributed by atoms with Crippen molar-refractivity contribution in [3.8, 4) is 5.75 Å². The van der Waals surface area contributed by atoms with Gasteiger partial charge in [-0.2, -0.15) is 0 Å². The largest absolute Gasteiger partial charge is 0.493 e. The molecule has 0 aromatic heterocycles. The van der Waals surface area contributed by atoms with E-state index in [1.807, 2.05) is 25.1 Å². The summed E-state index contributed by atoms with van der Waals surface area (Å²) in [5, 5.41) is 18.5. The van der Waals surface area contributed by atoms with Gasteiger partial charge in [-0.3, -0.25) is 0 Å². The third kappa shape index (κ3) is 4.26. The summed E-state index contributed by atoms with van der Waals surface area (Å²) in [6.07, 6.45) is 0.852. The second-order valence-corrected chi connectivity index (χ2v) is 5.15. The molecule has 18 heavy (non-hydrogen) atoms. The highest BCUT2D eigenvalue weighted by Crippen LogP contribution is 2.32. The van der Waals surface area contributed by atoms with E-state index in [0.717, 1.165) is 22.2 Å². The first kappa shape index (κ1) is 15.5. The summed E-state index contributed by atoms with van der Waals surface area (Å²) in [7, 11) is 0. The normalized spacial score (nSPS) is 14.3. The highest BCUT2D eigenvalue weighted by Gasteiger charge is 2.15. The first-order valence-corrected chi connectivity index (χ1v) is 7.12. The van der Waals surface area contributed by atoms with Crippen LogP contribution in [0.2, 0.25) is 0 Å². The summed E-state index contributed by atoms with van der Waals surface area (Å²) in [6, 6.07) is 5.99. The average molecular weight is 317 g/mol. The standard InChI is InChI=1S/C14H21BrO3/c1-3-10(7-12(17)9-16)11-5-6-14(18-4-2)13(15)8-11/h5-6,8,10,12,16-17H,3-4,7,9H2,1-2H3. The Balaban J connectivity index is 2.83. The van der Waals surface area contributed by atoms with E-state index in [2.05, 4.69) is 22.9 Å². The van der Waals surface area contributed by atoms with Crippen LogP contribution in [0.15, 0.2) is 22.7 Å². The van der Waals surface area contributed by atoms with E-state index in [9.17, 15) is 5.11 Å². The Morgan fingerprint density at radius 1 is 1.33 bits per heavy atom. The van der Waals surface area contributed by atoms with E-state index in [1.54, 1.807) is 0 Å². The van der Waals surface area contributed by atoms with Crippen LogP contribution in [0, 0.1) is 0 Å². The lowest BCUT2D eigenvalue weighted by molar-refractivity contribution is 0.0817. The summed E-state index contributed by atoms with van der Waals surface area (Å²) < 4.78 is 6.40. The molecule has 1 aromatic rings. The van der Waals surface area contributed by atoms with Crippen LogP contribution >= 0.6 is 15.9 Å². The van der Waals surface area contributed by atoms with Gasteiger partial charge in [0.15, 0.2) is 0 Å². The van der Waals surface area contributed by atoms with Crippen molar-refractivity contribution in [3.05, 3.63) is 28.2 Å². The van der Waals surface area contributed by atoms with Crippen molar-refractivity contribution < 1.29 is 14.9 Å². The lowest BCUT2D eigenvalue weighted by Crippen LogP contribution is -2.16. The molecule has 0 aliphatic carbocycles. The lowest BCUT2D eigenvalue weighted by Gasteiger charge is -2.19. The number of aliphatic hydroxyl groups is 2. The summed E-state index contributed by atoms with van der Waals surface area (Å²) in [5.74, 6) is 1.08. The van der Waals surface area contributed by atoms with Crippen LogP contribution in [0.1, 0.15) is 38.2 Å².